The Balaban J connectivity index is 1.31. The maximum atomic E-state index is 12.9. The van der Waals surface area contributed by atoms with Crippen molar-refractivity contribution in [1.82, 2.24) is 9.80 Å². The zero-order valence-corrected chi connectivity index (χ0v) is 18.7. The van der Waals surface area contributed by atoms with Gasteiger partial charge in [0.15, 0.2) is 0 Å². The summed E-state index contributed by atoms with van der Waals surface area (Å²) in [7, 11) is 1.59. The molecule has 2 aromatic carbocycles. The Bertz CT molecular complexity index is 1060. The minimum absolute atomic E-state index is 0.00199. The fourth-order valence-electron chi connectivity index (χ4n) is 5.38. The van der Waals surface area contributed by atoms with Gasteiger partial charge in [0.25, 0.3) is 0 Å². The Kier molecular flexibility index (Phi) is 5.81. The Morgan fingerprint density at radius 1 is 1.15 bits per heavy atom. The standard InChI is InChI=1S/C26H29N3O4/c1-33-21-12-10-20(11-13-21)27-26(32)28-14-22-25(23(16-30)29(22)24(31)15-28)19-8-6-18(7-9-19)17-4-2-3-5-17/h4,6-13,22-23,25,30H,2-3,5,14-16H2,1H3,(H,27,32)/t22-,23-,25+/m0/s1. The molecule has 7 nitrogen and oxygen atoms in total. The average molecular weight is 448 g/mol. The van der Waals surface area contributed by atoms with Crippen molar-refractivity contribution in [1.29, 1.82) is 0 Å². The number of methoxy groups -OCH3 is 1. The summed E-state index contributed by atoms with van der Waals surface area (Å²) < 4.78 is 5.15. The molecule has 0 spiro atoms. The number of aliphatic hydroxyl groups is 1. The minimum Gasteiger partial charge on any atom is -0.497 e. The smallest absolute Gasteiger partial charge is 0.322 e. The first-order valence-electron chi connectivity index (χ1n) is 11.5. The van der Waals surface area contributed by atoms with Crippen LogP contribution in [0.1, 0.15) is 36.3 Å². The van der Waals surface area contributed by atoms with Gasteiger partial charge in [0.2, 0.25) is 5.91 Å². The van der Waals surface area contributed by atoms with Gasteiger partial charge < -0.3 is 25.0 Å². The van der Waals surface area contributed by atoms with Crippen LogP contribution in [0.5, 0.6) is 5.75 Å². The molecule has 7 heteroatoms. The van der Waals surface area contributed by atoms with Crippen LogP contribution in [0, 0.1) is 0 Å². The molecule has 2 fully saturated rings. The van der Waals surface area contributed by atoms with Crippen LogP contribution in [0.2, 0.25) is 0 Å². The van der Waals surface area contributed by atoms with E-state index < -0.39 is 0 Å². The van der Waals surface area contributed by atoms with Gasteiger partial charge in [-0.25, -0.2) is 4.79 Å². The van der Waals surface area contributed by atoms with Crippen LogP contribution < -0.4 is 10.1 Å². The van der Waals surface area contributed by atoms with Crippen LogP contribution >= 0.6 is 0 Å². The first kappa shape index (κ1) is 21.5. The molecule has 0 radical (unpaired) electrons. The summed E-state index contributed by atoms with van der Waals surface area (Å²) in [5.74, 6) is 0.584. The van der Waals surface area contributed by atoms with Gasteiger partial charge in [-0.15, -0.1) is 0 Å². The maximum Gasteiger partial charge on any atom is 0.322 e. The van der Waals surface area contributed by atoms with E-state index in [-0.39, 0.29) is 43.1 Å². The number of piperazine rings is 1. The van der Waals surface area contributed by atoms with Gasteiger partial charge in [0, 0.05) is 18.2 Å². The fourth-order valence-corrected chi connectivity index (χ4v) is 5.38. The van der Waals surface area contributed by atoms with Crippen molar-refractivity contribution in [2.24, 2.45) is 0 Å². The molecular formula is C26H29N3O4. The number of rotatable bonds is 5. The molecule has 2 saturated heterocycles. The average Bonchev–Trinajstić information content (AvgIpc) is 3.36. The van der Waals surface area contributed by atoms with E-state index in [1.807, 2.05) is 0 Å². The second-order valence-electron chi connectivity index (χ2n) is 8.93. The summed E-state index contributed by atoms with van der Waals surface area (Å²) in [6.45, 7) is 0.356. The number of nitrogens with one attached hydrogen (secondary N) is 1. The Morgan fingerprint density at radius 3 is 2.55 bits per heavy atom. The Morgan fingerprint density at radius 2 is 1.91 bits per heavy atom. The van der Waals surface area contributed by atoms with Crippen LogP contribution in [0.4, 0.5) is 10.5 Å². The molecule has 2 N–H and O–H groups in total. The number of aliphatic hydroxyl groups excluding tert-OH is 1. The van der Waals surface area contributed by atoms with Gasteiger partial charge in [0.1, 0.15) is 12.3 Å². The highest BCUT2D eigenvalue weighted by atomic mass is 16.5. The molecule has 1 aliphatic carbocycles. The number of hydrogen-bond donors (Lipinski definition) is 2. The van der Waals surface area contributed by atoms with E-state index in [4.69, 9.17) is 4.74 Å². The molecule has 2 aromatic rings. The van der Waals surface area contributed by atoms with Crippen LogP contribution in [0.3, 0.4) is 0 Å². The van der Waals surface area contributed by atoms with E-state index in [9.17, 15) is 14.7 Å². The molecule has 172 valence electrons. The second kappa shape index (κ2) is 8.90. The number of hydrogen-bond acceptors (Lipinski definition) is 4. The summed E-state index contributed by atoms with van der Waals surface area (Å²) in [5.41, 5.74) is 4.38. The van der Waals surface area contributed by atoms with Gasteiger partial charge in [-0.3, -0.25) is 4.79 Å². The summed E-state index contributed by atoms with van der Waals surface area (Å²) >= 11 is 0. The van der Waals surface area contributed by atoms with Crippen LogP contribution in [0.25, 0.3) is 5.57 Å². The summed E-state index contributed by atoms with van der Waals surface area (Å²) in [4.78, 5) is 29.1. The lowest BCUT2D eigenvalue weighted by Gasteiger charge is -2.58. The van der Waals surface area contributed by atoms with Crippen molar-refractivity contribution in [3.8, 4) is 5.75 Å². The first-order chi connectivity index (χ1) is 16.1. The fraction of sp³-hybridized carbons (Fsp3) is 0.385. The highest BCUT2D eigenvalue weighted by molar-refractivity contribution is 5.93. The second-order valence-corrected chi connectivity index (χ2v) is 8.93. The van der Waals surface area contributed by atoms with Crippen LogP contribution in [-0.4, -0.2) is 65.7 Å². The molecule has 2 aliphatic heterocycles. The minimum atomic E-state index is -0.303. The molecule has 0 saturated carbocycles. The van der Waals surface area contributed by atoms with Crippen molar-refractivity contribution in [2.75, 3.05) is 32.1 Å². The van der Waals surface area contributed by atoms with Gasteiger partial charge in [-0.1, -0.05) is 30.3 Å². The monoisotopic (exact) mass is 447 g/mol. The number of benzene rings is 2. The number of carbonyl (C=O) groups excluding carboxylic acids is 2. The predicted octanol–water partition coefficient (Wildman–Crippen LogP) is 3.47. The lowest BCUT2D eigenvalue weighted by Crippen LogP contribution is -2.73. The van der Waals surface area contributed by atoms with Crippen LogP contribution in [-0.2, 0) is 4.79 Å². The number of amides is 3. The Labute approximate surface area is 193 Å². The number of urea groups is 1. The highest BCUT2D eigenvalue weighted by Gasteiger charge is 2.54. The molecule has 3 aliphatic rings. The maximum absolute atomic E-state index is 12.9. The quantitative estimate of drug-likeness (QED) is 0.736. The number of ether oxygens (including phenoxy) is 1. The third kappa shape index (κ3) is 3.97. The van der Waals surface area contributed by atoms with E-state index in [0.29, 0.717) is 18.0 Å². The largest absolute Gasteiger partial charge is 0.497 e. The predicted molar refractivity (Wildman–Crippen MR) is 126 cm³/mol. The Hall–Kier alpha value is -3.32. The van der Waals surface area contributed by atoms with Gasteiger partial charge in [0.05, 0.1) is 25.8 Å². The van der Waals surface area contributed by atoms with E-state index >= 15 is 0 Å². The molecular weight excluding hydrogens is 418 g/mol. The van der Waals surface area contributed by atoms with Crippen molar-refractivity contribution in [3.05, 3.63) is 65.7 Å². The van der Waals surface area contributed by atoms with Gasteiger partial charge in [-0.2, -0.15) is 0 Å². The third-order valence-electron chi connectivity index (χ3n) is 7.09. The number of anilines is 1. The van der Waals surface area contributed by atoms with Gasteiger partial charge >= 0.3 is 6.03 Å². The van der Waals surface area contributed by atoms with Crippen LogP contribution in [0.15, 0.2) is 54.6 Å². The zero-order chi connectivity index (χ0) is 22.9. The number of nitrogens with zero attached hydrogens (tertiary/aromatic N) is 2. The number of carbonyl (C=O) groups is 2. The molecule has 3 atom stereocenters. The van der Waals surface area contributed by atoms with Crippen molar-refractivity contribution in [3.63, 3.8) is 0 Å². The van der Waals surface area contributed by atoms with Crippen molar-refractivity contribution >= 4 is 23.2 Å². The van der Waals surface area contributed by atoms with E-state index in [0.717, 1.165) is 18.4 Å². The van der Waals surface area contributed by atoms with Crippen molar-refractivity contribution < 1.29 is 19.4 Å². The molecule has 5 rings (SSSR count). The number of fused-ring (bicyclic) bond motifs is 1. The molecule has 0 unspecified atom stereocenters. The first-order valence-corrected chi connectivity index (χ1v) is 11.5. The van der Waals surface area contributed by atoms with E-state index in [1.165, 1.54) is 17.6 Å². The molecule has 0 bridgehead atoms. The van der Waals surface area contributed by atoms with Crippen molar-refractivity contribution in [2.45, 2.75) is 37.3 Å². The lowest BCUT2D eigenvalue weighted by molar-refractivity contribution is -0.159. The topological polar surface area (TPSA) is 82.1 Å². The molecule has 33 heavy (non-hydrogen) atoms. The lowest BCUT2D eigenvalue weighted by atomic mass is 9.73. The normalized spacial score (nSPS) is 24.1. The molecule has 0 aromatic heterocycles. The zero-order valence-electron chi connectivity index (χ0n) is 18.7. The SMILES string of the molecule is COc1ccc(NC(=O)N2CC(=O)N3[C@@H](CO)[C@H](c4ccc(C5=CCCC5)cc4)[C@@H]3C2)cc1. The summed E-state index contributed by atoms with van der Waals surface area (Å²) in [6.07, 6.45) is 5.76. The summed E-state index contributed by atoms with van der Waals surface area (Å²) in [5, 5.41) is 12.9. The highest BCUT2D eigenvalue weighted by Crippen LogP contribution is 2.43. The van der Waals surface area contributed by atoms with Gasteiger partial charge in [-0.05, 0) is 60.2 Å². The summed E-state index contributed by atoms with van der Waals surface area (Å²) in [6, 6.07) is 14.9. The molecule has 2 heterocycles. The third-order valence-corrected chi connectivity index (χ3v) is 7.09. The molecule has 3 amide bonds. The van der Waals surface area contributed by atoms with E-state index in [2.05, 4.69) is 35.7 Å². The number of allylic oxidation sites excluding steroid dienone is 2. The van der Waals surface area contributed by atoms with E-state index in [1.54, 1.807) is 41.2 Å².